The molecule has 0 aromatic carbocycles. The lowest BCUT2D eigenvalue weighted by Gasteiger charge is -2.14. The molecule has 0 saturated carbocycles. The summed E-state index contributed by atoms with van der Waals surface area (Å²) in [6.07, 6.45) is 1.67. The zero-order valence-corrected chi connectivity index (χ0v) is 7.36. The number of hydrogen-bond donors (Lipinski definition) is 0. The molecule has 0 fully saturated rings. The number of likely N-dealkylation sites (N-methyl/N-ethyl adjacent to an activating group) is 1. The molecule has 0 radical (unpaired) electrons. The molecule has 2 heterocycles. The second-order valence-corrected chi connectivity index (χ2v) is 2.93. The second kappa shape index (κ2) is 3.05. The average Bonchev–Trinajstić information content (AvgIpc) is 2.29. The molecule has 4 heteroatoms. The summed E-state index contributed by atoms with van der Waals surface area (Å²) >= 11 is 0. The highest BCUT2D eigenvalue weighted by Crippen LogP contribution is 2.18. The van der Waals surface area contributed by atoms with Crippen molar-refractivity contribution in [2.24, 2.45) is 0 Å². The summed E-state index contributed by atoms with van der Waals surface area (Å²) in [5, 5.41) is 0. The quantitative estimate of drug-likeness (QED) is 0.548. The monoisotopic (exact) mass is 178 g/mol. The Labute approximate surface area is 76.1 Å². The molecule has 68 valence electrons. The number of ether oxygens (including phenoxy) is 1. The van der Waals surface area contributed by atoms with Crippen LogP contribution in [0.4, 0.5) is 5.82 Å². The Balaban J connectivity index is 2.51. The molecule has 0 atom stereocenters. The fraction of sp³-hybridized carbons (Fsp3) is 0.333. The molecular formula is C9H10N2O2. The number of pyridine rings is 1. The number of rotatable bonds is 0. The van der Waals surface area contributed by atoms with E-state index in [1.807, 2.05) is 11.9 Å². The minimum Gasteiger partial charge on any atom is -0.460 e. The third-order valence-electron chi connectivity index (χ3n) is 2.03. The topological polar surface area (TPSA) is 42.4 Å². The normalized spacial score (nSPS) is 16.1. The van der Waals surface area contributed by atoms with Crippen LogP contribution in [0.1, 0.15) is 10.4 Å². The standard InChI is InChI=1S/C9H10N2O2/c1-11-5-6-13-9(12)7-3-2-4-10-8(7)11/h2-4H,5-6H2,1H3. The van der Waals surface area contributed by atoms with Crippen molar-refractivity contribution in [3.05, 3.63) is 23.9 Å². The number of aromatic nitrogens is 1. The lowest BCUT2D eigenvalue weighted by atomic mass is 10.2. The first kappa shape index (κ1) is 8.04. The number of nitrogens with zero attached hydrogens (tertiary/aromatic N) is 2. The van der Waals surface area contributed by atoms with E-state index in [2.05, 4.69) is 4.98 Å². The molecule has 0 amide bonds. The predicted octanol–water partition coefficient (Wildman–Crippen LogP) is 0.688. The minimum atomic E-state index is -0.285. The molecule has 0 N–H and O–H groups in total. The fourth-order valence-corrected chi connectivity index (χ4v) is 1.32. The molecule has 0 bridgehead atoms. The van der Waals surface area contributed by atoms with Gasteiger partial charge in [0.1, 0.15) is 18.0 Å². The molecule has 1 aliphatic rings. The van der Waals surface area contributed by atoms with Gasteiger partial charge >= 0.3 is 5.97 Å². The Kier molecular flexibility index (Phi) is 1.88. The van der Waals surface area contributed by atoms with Crippen LogP contribution in [-0.2, 0) is 4.74 Å². The number of fused-ring (bicyclic) bond motifs is 1. The van der Waals surface area contributed by atoms with Gasteiger partial charge in [0.2, 0.25) is 0 Å². The van der Waals surface area contributed by atoms with Gasteiger partial charge in [-0.05, 0) is 12.1 Å². The van der Waals surface area contributed by atoms with E-state index in [0.717, 1.165) is 0 Å². The van der Waals surface area contributed by atoms with Crippen LogP contribution in [0.25, 0.3) is 0 Å². The first-order valence-corrected chi connectivity index (χ1v) is 4.12. The van der Waals surface area contributed by atoms with E-state index < -0.39 is 0 Å². The van der Waals surface area contributed by atoms with Crippen molar-refractivity contribution < 1.29 is 9.53 Å². The van der Waals surface area contributed by atoms with E-state index in [1.54, 1.807) is 18.3 Å². The highest BCUT2D eigenvalue weighted by atomic mass is 16.5. The largest absolute Gasteiger partial charge is 0.460 e. The van der Waals surface area contributed by atoms with Crippen molar-refractivity contribution in [3.63, 3.8) is 0 Å². The van der Waals surface area contributed by atoms with Gasteiger partial charge in [0.25, 0.3) is 0 Å². The highest BCUT2D eigenvalue weighted by Gasteiger charge is 2.19. The Hall–Kier alpha value is -1.58. The Morgan fingerprint density at radius 1 is 1.62 bits per heavy atom. The van der Waals surface area contributed by atoms with Crippen LogP contribution < -0.4 is 4.90 Å². The molecular weight excluding hydrogens is 168 g/mol. The van der Waals surface area contributed by atoms with Crippen LogP contribution in [0, 0.1) is 0 Å². The van der Waals surface area contributed by atoms with Crippen LogP contribution in [0.3, 0.4) is 0 Å². The van der Waals surface area contributed by atoms with E-state index >= 15 is 0 Å². The van der Waals surface area contributed by atoms with Crippen molar-refractivity contribution in [2.75, 3.05) is 25.1 Å². The Morgan fingerprint density at radius 2 is 2.46 bits per heavy atom. The van der Waals surface area contributed by atoms with E-state index in [0.29, 0.717) is 24.5 Å². The summed E-state index contributed by atoms with van der Waals surface area (Å²) in [5.41, 5.74) is 0.544. The maximum atomic E-state index is 11.4. The molecule has 0 aliphatic carbocycles. The SMILES string of the molecule is CN1CCOC(=O)c2cccnc21. The molecule has 0 saturated heterocycles. The van der Waals surface area contributed by atoms with Gasteiger partial charge in [-0.25, -0.2) is 9.78 Å². The smallest absolute Gasteiger partial charge is 0.341 e. The summed E-state index contributed by atoms with van der Waals surface area (Å²) in [4.78, 5) is 17.4. The zero-order chi connectivity index (χ0) is 9.26. The predicted molar refractivity (Wildman–Crippen MR) is 47.8 cm³/mol. The number of hydrogen-bond acceptors (Lipinski definition) is 4. The lowest BCUT2D eigenvalue weighted by molar-refractivity contribution is 0.0527. The van der Waals surface area contributed by atoms with E-state index in [-0.39, 0.29) is 5.97 Å². The van der Waals surface area contributed by atoms with Gasteiger partial charge in [-0.1, -0.05) is 0 Å². The van der Waals surface area contributed by atoms with E-state index in [4.69, 9.17) is 4.74 Å². The number of anilines is 1. The van der Waals surface area contributed by atoms with Gasteiger partial charge in [0, 0.05) is 13.2 Å². The number of carbonyl (C=O) groups is 1. The first-order valence-electron chi connectivity index (χ1n) is 4.12. The van der Waals surface area contributed by atoms with Gasteiger partial charge < -0.3 is 9.64 Å². The van der Waals surface area contributed by atoms with Crippen LogP contribution in [0.15, 0.2) is 18.3 Å². The molecule has 1 aliphatic heterocycles. The van der Waals surface area contributed by atoms with Crippen molar-refractivity contribution in [3.8, 4) is 0 Å². The van der Waals surface area contributed by atoms with Crippen molar-refractivity contribution in [2.45, 2.75) is 0 Å². The van der Waals surface area contributed by atoms with Gasteiger partial charge in [-0.15, -0.1) is 0 Å². The maximum absolute atomic E-state index is 11.4. The van der Waals surface area contributed by atoms with Crippen molar-refractivity contribution >= 4 is 11.8 Å². The van der Waals surface area contributed by atoms with Gasteiger partial charge in [-0.3, -0.25) is 0 Å². The highest BCUT2D eigenvalue weighted by molar-refractivity contribution is 5.95. The third-order valence-corrected chi connectivity index (χ3v) is 2.03. The second-order valence-electron chi connectivity index (χ2n) is 2.93. The molecule has 13 heavy (non-hydrogen) atoms. The number of carbonyl (C=O) groups excluding carboxylic acids is 1. The van der Waals surface area contributed by atoms with Crippen LogP contribution in [0.2, 0.25) is 0 Å². The average molecular weight is 178 g/mol. The molecule has 4 nitrogen and oxygen atoms in total. The summed E-state index contributed by atoms with van der Waals surface area (Å²) in [6.45, 7) is 1.11. The molecule has 1 aromatic heterocycles. The van der Waals surface area contributed by atoms with Crippen LogP contribution >= 0.6 is 0 Å². The fourth-order valence-electron chi connectivity index (χ4n) is 1.32. The molecule has 0 spiro atoms. The number of esters is 1. The van der Waals surface area contributed by atoms with E-state index in [9.17, 15) is 4.79 Å². The van der Waals surface area contributed by atoms with Gasteiger partial charge in [0.15, 0.2) is 0 Å². The summed E-state index contributed by atoms with van der Waals surface area (Å²) < 4.78 is 4.98. The Morgan fingerprint density at radius 3 is 3.31 bits per heavy atom. The minimum absolute atomic E-state index is 0.285. The lowest BCUT2D eigenvalue weighted by Crippen LogP contribution is -2.21. The van der Waals surface area contributed by atoms with Gasteiger partial charge in [-0.2, -0.15) is 0 Å². The maximum Gasteiger partial charge on any atom is 0.341 e. The summed E-state index contributed by atoms with van der Waals surface area (Å²) in [7, 11) is 1.90. The zero-order valence-electron chi connectivity index (χ0n) is 7.36. The van der Waals surface area contributed by atoms with Crippen LogP contribution in [0.5, 0.6) is 0 Å². The summed E-state index contributed by atoms with van der Waals surface area (Å²) in [6, 6.07) is 3.46. The molecule has 0 unspecified atom stereocenters. The van der Waals surface area contributed by atoms with E-state index in [1.165, 1.54) is 0 Å². The third kappa shape index (κ3) is 1.35. The van der Waals surface area contributed by atoms with Crippen molar-refractivity contribution in [1.82, 2.24) is 4.98 Å². The summed E-state index contributed by atoms with van der Waals surface area (Å²) in [5.74, 6) is 0.414. The molecule has 1 aromatic rings. The van der Waals surface area contributed by atoms with Crippen LogP contribution in [-0.4, -0.2) is 31.2 Å². The van der Waals surface area contributed by atoms with Crippen molar-refractivity contribution in [1.29, 1.82) is 0 Å². The number of cyclic esters (lactones) is 1. The van der Waals surface area contributed by atoms with Gasteiger partial charge in [0.05, 0.1) is 6.54 Å². The first-order chi connectivity index (χ1) is 6.29. The Bertz CT molecular complexity index is 338. The molecule has 2 rings (SSSR count).